The number of halogens is 3. The third-order valence-corrected chi connectivity index (χ3v) is 3.39. The molecule has 2 heterocycles. The summed E-state index contributed by atoms with van der Waals surface area (Å²) in [6.07, 6.45) is -0.541. The van der Waals surface area contributed by atoms with Crippen LogP contribution in [0.2, 0.25) is 5.02 Å². The van der Waals surface area contributed by atoms with Crippen LogP contribution in [0.5, 0.6) is 0 Å². The third-order valence-electron chi connectivity index (χ3n) is 3.20. The monoisotopic (exact) mass is 320 g/mol. The van der Waals surface area contributed by atoms with Gasteiger partial charge in [-0.1, -0.05) is 18.5 Å². The molecule has 21 heavy (non-hydrogen) atoms. The molecule has 0 radical (unpaired) electrons. The van der Waals surface area contributed by atoms with Crippen molar-refractivity contribution in [3.8, 4) is 0 Å². The summed E-state index contributed by atoms with van der Waals surface area (Å²) in [6.45, 7) is 3.18. The summed E-state index contributed by atoms with van der Waals surface area (Å²) in [5.74, 6) is -1.39. The Morgan fingerprint density at radius 1 is 1.62 bits per heavy atom. The van der Waals surface area contributed by atoms with Crippen LogP contribution in [0, 0.1) is 5.92 Å². The summed E-state index contributed by atoms with van der Waals surface area (Å²) in [6, 6.07) is 0. The summed E-state index contributed by atoms with van der Waals surface area (Å²) in [7, 11) is 0. The first-order valence-electron chi connectivity index (χ1n) is 6.30. The fraction of sp³-hybridized carbons (Fsp3) is 0.583. The normalized spacial score (nSPS) is 23.6. The Balaban J connectivity index is 2.14. The van der Waals surface area contributed by atoms with E-state index in [1.165, 1.54) is 24.0 Å². The van der Waals surface area contributed by atoms with Gasteiger partial charge in [0.15, 0.2) is 0 Å². The van der Waals surface area contributed by atoms with Crippen molar-refractivity contribution in [3.05, 3.63) is 17.4 Å². The molecule has 1 amide bonds. The molecular weight excluding hydrogens is 306 g/mol. The summed E-state index contributed by atoms with van der Waals surface area (Å²) in [5.41, 5.74) is -2.29. The number of hydrazone groups is 1. The topological polar surface area (TPSA) is 70.7 Å². The zero-order valence-electron chi connectivity index (χ0n) is 11.5. The predicted molar refractivity (Wildman–Crippen MR) is 71.9 cm³/mol. The highest BCUT2D eigenvalue weighted by molar-refractivity contribution is 6.30. The minimum Gasteiger partial charge on any atom is -0.364 e. The van der Waals surface area contributed by atoms with Gasteiger partial charge in [-0.15, -0.1) is 0 Å². The zero-order valence-corrected chi connectivity index (χ0v) is 12.3. The highest BCUT2D eigenvalue weighted by atomic mass is 35.5. The molecule has 116 valence electrons. The van der Waals surface area contributed by atoms with Crippen molar-refractivity contribution in [1.82, 2.24) is 14.8 Å². The van der Waals surface area contributed by atoms with Crippen molar-refractivity contribution in [3.63, 3.8) is 0 Å². The predicted octanol–water partition coefficient (Wildman–Crippen LogP) is 1.73. The maximum absolute atomic E-state index is 13.0. The van der Waals surface area contributed by atoms with E-state index < -0.39 is 24.0 Å². The van der Waals surface area contributed by atoms with Gasteiger partial charge in [-0.05, 0) is 6.92 Å². The van der Waals surface area contributed by atoms with Crippen molar-refractivity contribution in [1.29, 1.82) is 0 Å². The number of alkyl halides is 2. The van der Waals surface area contributed by atoms with Gasteiger partial charge in [-0.2, -0.15) is 15.2 Å². The third kappa shape index (κ3) is 3.06. The average Bonchev–Trinajstić information content (AvgIpc) is 2.93. The van der Waals surface area contributed by atoms with Gasteiger partial charge in [0.2, 0.25) is 11.6 Å². The van der Waals surface area contributed by atoms with E-state index in [0.29, 0.717) is 10.0 Å². The molecule has 2 unspecified atom stereocenters. The molecule has 0 saturated carbocycles. The minimum absolute atomic E-state index is 0.149. The quantitative estimate of drug-likeness (QED) is 0.918. The molecule has 1 aliphatic heterocycles. The Morgan fingerprint density at radius 2 is 2.29 bits per heavy atom. The molecule has 1 aromatic heterocycles. The lowest BCUT2D eigenvalue weighted by Gasteiger charge is -2.31. The average molecular weight is 321 g/mol. The Morgan fingerprint density at radius 3 is 2.81 bits per heavy atom. The van der Waals surface area contributed by atoms with Gasteiger partial charge in [-0.3, -0.25) is 9.48 Å². The molecule has 0 fully saturated rings. The van der Waals surface area contributed by atoms with Gasteiger partial charge >= 0.3 is 0 Å². The molecule has 0 saturated heterocycles. The number of nitrogens with zero attached hydrogens (tertiary/aromatic N) is 4. The van der Waals surface area contributed by atoms with E-state index in [0.717, 1.165) is 0 Å². The van der Waals surface area contributed by atoms with Crippen LogP contribution in [-0.4, -0.2) is 43.7 Å². The highest BCUT2D eigenvalue weighted by Crippen LogP contribution is 2.32. The van der Waals surface area contributed by atoms with Crippen LogP contribution in [0.1, 0.15) is 20.3 Å². The van der Waals surface area contributed by atoms with Gasteiger partial charge in [0.1, 0.15) is 0 Å². The molecule has 6 nitrogen and oxygen atoms in total. The molecule has 0 aromatic carbocycles. The molecule has 0 spiro atoms. The van der Waals surface area contributed by atoms with Crippen LogP contribution in [0.15, 0.2) is 17.5 Å². The van der Waals surface area contributed by atoms with Crippen molar-refractivity contribution in [2.24, 2.45) is 11.0 Å². The van der Waals surface area contributed by atoms with Gasteiger partial charge < -0.3 is 5.11 Å². The standard InChI is InChI=1S/C12H15ClF2N4O2/c1-7(5-18-6-9(13)4-16-18)10(20)19-12(21,11(14)15)3-8(2)17-19/h4,6-7,11,21H,3,5H2,1-2H3. The first kappa shape index (κ1) is 15.8. The van der Waals surface area contributed by atoms with Crippen molar-refractivity contribution < 1.29 is 18.7 Å². The van der Waals surface area contributed by atoms with Crippen LogP contribution in [0.4, 0.5) is 8.78 Å². The second-order valence-corrected chi connectivity index (χ2v) is 5.56. The summed E-state index contributed by atoms with van der Waals surface area (Å²) in [4.78, 5) is 12.3. The van der Waals surface area contributed by atoms with E-state index in [2.05, 4.69) is 10.2 Å². The highest BCUT2D eigenvalue weighted by Gasteiger charge is 2.51. The number of hydrogen-bond donors (Lipinski definition) is 1. The number of carbonyl (C=O) groups excluding carboxylic acids is 1. The molecule has 0 bridgehead atoms. The Bertz CT molecular complexity index is 577. The Hall–Kier alpha value is -1.54. The van der Waals surface area contributed by atoms with Gasteiger partial charge in [0.05, 0.1) is 23.7 Å². The molecule has 1 aliphatic rings. The van der Waals surface area contributed by atoms with E-state index in [-0.39, 0.29) is 18.7 Å². The smallest absolute Gasteiger partial charge is 0.287 e. The number of amides is 1. The lowest BCUT2D eigenvalue weighted by Crippen LogP contribution is -2.53. The second-order valence-electron chi connectivity index (χ2n) is 5.12. The summed E-state index contributed by atoms with van der Waals surface area (Å²) < 4.78 is 27.5. The van der Waals surface area contributed by atoms with Crippen LogP contribution < -0.4 is 0 Å². The number of aliphatic hydroxyl groups is 1. The first-order valence-corrected chi connectivity index (χ1v) is 6.68. The first-order chi connectivity index (χ1) is 9.74. The van der Waals surface area contributed by atoms with Crippen LogP contribution in [-0.2, 0) is 11.3 Å². The maximum atomic E-state index is 13.0. The lowest BCUT2D eigenvalue weighted by molar-refractivity contribution is -0.194. The van der Waals surface area contributed by atoms with Crippen LogP contribution >= 0.6 is 11.6 Å². The van der Waals surface area contributed by atoms with Gasteiger partial charge in [0, 0.05) is 18.3 Å². The Kier molecular flexibility index (Phi) is 4.29. The summed E-state index contributed by atoms with van der Waals surface area (Å²) in [5, 5.41) is 18.5. The number of hydrogen-bond acceptors (Lipinski definition) is 4. The van der Waals surface area contributed by atoms with Crippen LogP contribution in [0.3, 0.4) is 0 Å². The fourth-order valence-corrected chi connectivity index (χ4v) is 2.32. The lowest BCUT2D eigenvalue weighted by atomic mass is 10.1. The fourth-order valence-electron chi connectivity index (χ4n) is 2.16. The van der Waals surface area contributed by atoms with E-state index in [9.17, 15) is 18.7 Å². The molecule has 1 N–H and O–H groups in total. The van der Waals surface area contributed by atoms with E-state index in [1.54, 1.807) is 6.92 Å². The van der Waals surface area contributed by atoms with Crippen molar-refractivity contribution in [2.45, 2.75) is 39.0 Å². The summed E-state index contributed by atoms with van der Waals surface area (Å²) >= 11 is 5.72. The molecule has 1 aromatic rings. The molecule has 9 heteroatoms. The van der Waals surface area contributed by atoms with Crippen LogP contribution in [0.25, 0.3) is 0 Å². The molecule has 0 aliphatic carbocycles. The van der Waals surface area contributed by atoms with Gasteiger partial charge in [0.25, 0.3) is 6.43 Å². The zero-order chi connectivity index (χ0) is 15.8. The SMILES string of the molecule is CC1=NN(C(=O)C(C)Cn2cc(Cl)cn2)C(O)(C(F)F)C1. The maximum Gasteiger partial charge on any atom is 0.287 e. The number of aromatic nitrogens is 2. The molecule has 2 rings (SSSR count). The van der Waals surface area contributed by atoms with Crippen molar-refractivity contribution in [2.75, 3.05) is 0 Å². The molecular formula is C12H15ClF2N4O2. The molecule has 2 atom stereocenters. The Labute approximate surface area is 125 Å². The van der Waals surface area contributed by atoms with E-state index in [1.807, 2.05) is 0 Å². The van der Waals surface area contributed by atoms with E-state index in [4.69, 9.17) is 11.6 Å². The second kappa shape index (κ2) is 5.69. The number of rotatable bonds is 4. The largest absolute Gasteiger partial charge is 0.364 e. The number of carbonyl (C=O) groups is 1. The van der Waals surface area contributed by atoms with Crippen molar-refractivity contribution >= 4 is 23.2 Å². The minimum atomic E-state index is -3.10. The van der Waals surface area contributed by atoms with Gasteiger partial charge in [-0.25, -0.2) is 8.78 Å². The van der Waals surface area contributed by atoms with E-state index >= 15 is 0 Å².